The van der Waals surface area contributed by atoms with Gasteiger partial charge in [0.05, 0.1) is 5.56 Å². The molecule has 0 radical (unpaired) electrons. The van der Waals surface area contributed by atoms with E-state index in [-0.39, 0.29) is 16.9 Å². The van der Waals surface area contributed by atoms with Gasteiger partial charge in [0.25, 0.3) is 0 Å². The van der Waals surface area contributed by atoms with E-state index < -0.39 is 11.8 Å². The highest BCUT2D eigenvalue weighted by Gasteiger charge is 2.13. The third-order valence-corrected chi connectivity index (χ3v) is 2.72. The van der Waals surface area contributed by atoms with Crippen molar-refractivity contribution >= 4 is 17.8 Å². The fourth-order valence-electron chi connectivity index (χ4n) is 1.72. The van der Waals surface area contributed by atoms with Crippen LogP contribution in [0.3, 0.4) is 0 Å². The third kappa shape index (κ3) is 3.17. The van der Waals surface area contributed by atoms with Crippen molar-refractivity contribution in [3.05, 3.63) is 77.1 Å². The number of carbonyl (C=O) groups is 2. The van der Waals surface area contributed by atoms with Crippen LogP contribution in [0.5, 0.6) is 0 Å². The van der Waals surface area contributed by atoms with Crippen molar-refractivity contribution in [2.24, 2.45) is 0 Å². The second kappa shape index (κ2) is 5.93. The van der Waals surface area contributed by atoms with Gasteiger partial charge in [0, 0.05) is 5.56 Å². The average Bonchev–Trinajstić information content (AvgIpc) is 2.46. The van der Waals surface area contributed by atoms with Crippen molar-refractivity contribution in [3.63, 3.8) is 0 Å². The van der Waals surface area contributed by atoms with E-state index in [2.05, 4.69) is 0 Å². The summed E-state index contributed by atoms with van der Waals surface area (Å²) in [5.41, 5.74) is 0.743. The lowest BCUT2D eigenvalue weighted by atomic mass is 10.0. The predicted molar refractivity (Wildman–Crippen MR) is 73.2 cm³/mol. The van der Waals surface area contributed by atoms with Crippen molar-refractivity contribution in [1.29, 1.82) is 0 Å². The summed E-state index contributed by atoms with van der Waals surface area (Å²) in [6.07, 6.45) is 2.79. The van der Waals surface area contributed by atoms with Crippen molar-refractivity contribution < 1.29 is 19.1 Å². The van der Waals surface area contributed by atoms with Gasteiger partial charge in [-0.05, 0) is 29.8 Å². The van der Waals surface area contributed by atoms with E-state index in [4.69, 9.17) is 5.11 Å². The number of ketones is 1. The maximum absolute atomic E-state index is 12.7. The van der Waals surface area contributed by atoms with Gasteiger partial charge < -0.3 is 5.11 Å². The van der Waals surface area contributed by atoms with Gasteiger partial charge >= 0.3 is 5.97 Å². The molecule has 1 N–H and O–H groups in total. The van der Waals surface area contributed by atoms with Crippen LogP contribution >= 0.6 is 0 Å². The van der Waals surface area contributed by atoms with Gasteiger partial charge in [0.2, 0.25) is 0 Å². The molecule has 0 aromatic heterocycles. The highest BCUT2D eigenvalue weighted by Crippen LogP contribution is 2.12. The predicted octanol–water partition coefficient (Wildman–Crippen LogP) is 3.42. The third-order valence-electron chi connectivity index (χ3n) is 2.72. The molecule has 0 fully saturated rings. The van der Waals surface area contributed by atoms with E-state index >= 15 is 0 Å². The van der Waals surface area contributed by atoms with Gasteiger partial charge in [0.1, 0.15) is 5.82 Å². The smallest absolute Gasteiger partial charge is 0.336 e. The van der Waals surface area contributed by atoms with Crippen molar-refractivity contribution in [2.75, 3.05) is 0 Å². The van der Waals surface area contributed by atoms with Crippen molar-refractivity contribution in [1.82, 2.24) is 0 Å². The number of carboxylic acids is 1. The van der Waals surface area contributed by atoms with E-state index in [1.807, 2.05) is 0 Å². The van der Waals surface area contributed by atoms with Crippen LogP contribution in [-0.4, -0.2) is 16.9 Å². The van der Waals surface area contributed by atoms with Gasteiger partial charge in [0.15, 0.2) is 5.78 Å². The zero-order valence-electron chi connectivity index (χ0n) is 10.4. The van der Waals surface area contributed by atoms with Crippen molar-refractivity contribution in [2.45, 2.75) is 0 Å². The van der Waals surface area contributed by atoms with E-state index in [1.54, 1.807) is 12.1 Å². The Balaban J connectivity index is 2.24. The Morgan fingerprint density at radius 2 is 1.55 bits per heavy atom. The Morgan fingerprint density at radius 3 is 2.15 bits per heavy atom. The van der Waals surface area contributed by atoms with Crippen LogP contribution in [0.4, 0.5) is 4.39 Å². The minimum Gasteiger partial charge on any atom is -0.478 e. The van der Waals surface area contributed by atoms with Crippen LogP contribution < -0.4 is 0 Å². The molecule has 2 aromatic rings. The lowest BCUT2D eigenvalue weighted by molar-refractivity contribution is 0.0693. The molecule has 0 saturated heterocycles. The van der Waals surface area contributed by atoms with Crippen LogP contribution in [0.25, 0.3) is 6.08 Å². The Morgan fingerprint density at radius 1 is 0.950 bits per heavy atom. The number of hydrogen-bond donors (Lipinski definition) is 1. The summed E-state index contributed by atoms with van der Waals surface area (Å²) < 4.78 is 12.7. The summed E-state index contributed by atoms with van der Waals surface area (Å²) in [7, 11) is 0. The molecule has 0 aliphatic heterocycles. The van der Waals surface area contributed by atoms with E-state index in [0.717, 1.165) is 0 Å². The van der Waals surface area contributed by atoms with Gasteiger partial charge in [-0.15, -0.1) is 0 Å². The first-order valence-corrected chi connectivity index (χ1v) is 5.88. The largest absolute Gasteiger partial charge is 0.478 e. The van der Waals surface area contributed by atoms with Crippen LogP contribution in [0, 0.1) is 5.82 Å². The zero-order chi connectivity index (χ0) is 14.5. The molecule has 0 spiro atoms. The number of hydrogen-bond acceptors (Lipinski definition) is 2. The van der Waals surface area contributed by atoms with E-state index in [1.165, 1.54) is 48.6 Å². The molecule has 0 bridgehead atoms. The highest BCUT2D eigenvalue weighted by atomic mass is 19.1. The van der Waals surface area contributed by atoms with Gasteiger partial charge in [-0.3, -0.25) is 4.79 Å². The second-order valence-corrected chi connectivity index (χ2v) is 4.10. The fraction of sp³-hybridized carbons (Fsp3) is 0. The molecule has 2 aromatic carbocycles. The summed E-state index contributed by atoms with van der Waals surface area (Å²) in [6.45, 7) is 0. The topological polar surface area (TPSA) is 54.4 Å². The Hall–Kier alpha value is -2.75. The SMILES string of the molecule is O=C(O)c1ccccc1C(=O)C=Cc1ccc(F)cc1. The first-order chi connectivity index (χ1) is 9.58. The number of carbonyl (C=O) groups excluding carboxylic acids is 1. The summed E-state index contributed by atoms with van der Waals surface area (Å²) in [4.78, 5) is 23.0. The monoisotopic (exact) mass is 270 g/mol. The summed E-state index contributed by atoms with van der Waals surface area (Å²) >= 11 is 0. The van der Waals surface area contributed by atoms with Crippen LogP contribution in [-0.2, 0) is 0 Å². The molecular weight excluding hydrogens is 259 g/mol. The molecule has 100 valence electrons. The number of carboxylic acid groups (broad SMARTS) is 1. The molecule has 2 rings (SSSR count). The molecule has 0 heterocycles. The van der Waals surface area contributed by atoms with Crippen LogP contribution in [0.2, 0.25) is 0 Å². The molecule has 4 heteroatoms. The highest BCUT2D eigenvalue weighted by molar-refractivity contribution is 6.12. The lowest BCUT2D eigenvalue weighted by Crippen LogP contribution is -2.06. The first-order valence-electron chi connectivity index (χ1n) is 5.88. The van der Waals surface area contributed by atoms with Crippen LogP contribution in [0.15, 0.2) is 54.6 Å². The molecule has 0 aliphatic carbocycles. The molecular formula is C16H11FO3. The van der Waals surface area contributed by atoms with Gasteiger partial charge in [-0.1, -0.05) is 36.4 Å². The number of benzene rings is 2. The quantitative estimate of drug-likeness (QED) is 0.684. The Labute approximate surface area is 115 Å². The van der Waals surface area contributed by atoms with Crippen molar-refractivity contribution in [3.8, 4) is 0 Å². The lowest BCUT2D eigenvalue weighted by Gasteiger charge is -2.01. The summed E-state index contributed by atoms with van der Waals surface area (Å²) in [5.74, 6) is -1.92. The maximum Gasteiger partial charge on any atom is 0.336 e. The van der Waals surface area contributed by atoms with E-state index in [0.29, 0.717) is 5.56 Å². The molecule has 20 heavy (non-hydrogen) atoms. The maximum atomic E-state index is 12.7. The van der Waals surface area contributed by atoms with Gasteiger partial charge in [-0.25, -0.2) is 9.18 Å². The number of aromatic carboxylic acids is 1. The van der Waals surface area contributed by atoms with E-state index in [9.17, 15) is 14.0 Å². The fourth-order valence-corrected chi connectivity index (χ4v) is 1.72. The Kier molecular flexibility index (Phi) is 4.05. The molecule has 0 atom stereocenters. The molecule has 0 unspecified atom stereocenters. The normalized spacial score (nSPS) is 10.7. The number of allylic oxidation sites excluding steroid dienone is 1. The Bertz CT molecular complexity index is 672. The van der Waals surface area contributed by atoms with Crippen LogP contribution in [0.1, 0.15) is 26.3 Å². The number of rotatable bonds is 4. The summed E-state index contributed by atoms with van der Waals surface area (Å²) in [6, 6.07) is 11.6. The minimum atomic E-state index is -1.15. The summed E-state index contributed by atoms with van der Waals surface area (Å²) in [5, 5.41) is 9.01. The standard InChI is InChI=1S/C16H11FO3/c17-12-8-5-11(6-9-12)7-10-15(18)13-3-1-2-4-14(13)16(19)20/h1-10H,(H,19,20). The molecule has 0 amide bonds. The zero-order valence-corrected chi connectivity index (χ0v) is 10.4. The molecule has 0 aliphatic rings. The van der Waals surface area contributed by atoms with Gasteiger partial charge in [-0.2, -0.15) is 0 Å². The number of halogens is 1. The minimum absolute atomic E-state index is 0.0405. The first kappa shape index (κ1) is 13.7. The molecule has 0 saturated carbocycles. The second-order valence-electron chi connectivity index (χ2n) is 4.10. The average molecular weight is 270 g/mol. The molecule has 3 nitrogen and oxygen atoms in total.